The number of nitrogens with two attached hydrogens (primary N) is 1. The molecule has 1 saturated heterocycles. The van der Waals surface area contributed by atoms with Crippen LogP contribution in [0.1, 0.15) is 18.4 Å². The van der Waals surface area contributed by atoms with Gasteiger partial charge in [-0.15, -0.1) is 0 Å². The van der Waals surface area contributed by atoms with Crippen LogP contribution in [0.4, 0.5) is 0 Å². The third kappa shape index (κ3) is 3.01. The van der Waals surface area contributed by atoms with Crippen molar-refractivity contribution in [2.24, 2.45) is 11.7 Å². The summed E-state index contributed by atoms with van der Waals surface area (Å²) in [5, 5.41) is 0. The van der Waals surface area contributed by atoms with Crippen LogP contribution in [0.5, 0.6) is 0 Å². The van der Waals surface area contributed by atoms with Gasteiger partial charge in [0.15, 0.2) is 0 Å². The summed E-state index contributed by atoms with van der Waals surface area (Å²) in [6.07, 6.45) is 6.30. The van der Waals surface area contributed by atoms with Crippen LogP contribution >= 0.6 is 0 Å². The predicted molar refractivity (Wildman–Crippen MR) is 61.3 cm³/mol. The summed E-state index contributed by atoms with van der Waals surface area (Å²) in [5.74, 6) is 0.695. The van der Waals surface area contributed by atoms with Gasteiger partial charge in [-0.3, -0.25) is 9.88 Å². The van der Waals surface area contributed by atoms with Crippen molar-refractivity contribution < 1.29 is 0 Å². The number of rotatable bonds is 3. The largest absolute Gasteiger partial charge is 0.330 e. The molecule has 3 nitrogen and oxygen atoms in total. The Balaban J connectivity index is 1.89. The van der Waals surface area contributed by atoms with E-state index in [-0.39, 0.29) is 0 Å². The molecule has 1 fully saturated rings. The summed E-state index contributed by atoms with van der Waals surface area (Å²) >= 11 is 0. The molecule has 1 aromatic heterocycles. The van der Waals surface area contributed by atoms with Gasteiger partial charge in [-0.2, -0.15) is 0 Å². The van der Waals surface area contributed by atoms with Crippen molar-refractivity contribution in [1.82, 2.24) is 9.88 Å². The first-order valence-corrected chi connectivity index (χ1v) is 5.70. The third-order valence-electron chi connectivity index (χ3n) is 3.09. The van der Waals surface area contributed by atoms with E-state index in [4.69, 9.17) is 5.73 Å². The molecule has 0 bridgehead atoms. The monoisotopic (exact) mass is 205 g/mol. The van der Waals surface area contributed by atoms with E-state index in [0.29, 0.717) is 5.92 Å². The highest BCUT2D eigenvalue weighted by Crippen LogP contribution is 2.17. The zero-order valence-corrected chi connectivity index (χ0v) is 9.10. The minimum absolute atomic E-state index is 0.695. The SMILES string of the molecule is NC[C@@H]1CCCN(Cc2ccncc2)C1. The van der Waals surface area contributed by atoms with Crippen LogP contribution in [0.2, 0.25) is 0 Å². The Morgan fingerprint density at radius 3 is 2.93 bits per heavy atom. The molecule has 15 heavy (non-hydrogen) atoms. The third-order valence-corrected chi connectivity index (χ3v) is 3.09. The molecule has 2 N–H and O–H groups in total. The maximum absolute atomic E-state index is 5.72. The number of aromatic nitrogens is 1. The Morgan fingerprint density at radius 2 is 2.20 bits per heavy atom. The van der Waals surface area contributed by atoms with E-state index in [9.17, 15) is 0 Å². The van der Waals surface area contributed by atoms with Crippen molar-refractivity contribution in [3.05, 3.63) is 30.1 Å². The summed E-state index contributed by atoms with van der Waals surface area (Å²) in [4.78, 5) is 6.53. The Bertz CT molecular complexity index is 286. The average molecular weight is 205 g/mol. The lowest BCUT2D eigenvalue weighted by Crippen LogP contribution is -2.37. The van der Waals surface area contributed by atoms with E-state index in [2.05, 4.69) is 22.0 Å². The molecule has 2 heterocycles. The van der Waals surface area contributed by atoms with E-state index in [1.807, 2.05) is 12.4 Å². The van der Waals surface area contributed by atoms with Crippen LogP contribution in [-0.4, -0.2) is 29.5 Å². The van der Waals surface area contributed by atoms with Gasteiger partial charge >= 0.3 is 0 Å². The van der Waals surface area contributed by atoms with Crippen LogP contribution in [0.3, 0.4) is 0 Å². The zero-order valence-electron chi connectivity index (χ0n) is 9.10. The van der Waals surface area contributed by atoms with E-state index in [1.165, 1.54) is 24.9 Å². The van der Waals surface area contributed by atoms with E-state index in [1.54, 1.807) is 0 Å². The van der Waals surface area contributed by atoms with Crippen LogP contribution in [-0.2, 0) is 6.54 Å². The second-order valence-corrected chi connectivity index (χ2v) is 4.33. The minimum atomic E-state index is 0.695. The second kappa shape index (κ2) is 5.24. The Labute approximate surface area is 91.3 Å². The summed E-state index contributed by atoms with van der Waals surface area (Å²) < 4.78 is 0. The zero-order chi connectivity index (χ0) is 10.5. The van der Waals surface area contributed by atoms with Crippen molar-refractivity contribution in [1.29, 1.82) is 0 Å². The van der Waals surface area contributed by atoms with Gasteiger partial charge in [0, 0.05) is 25.5 Å². The molecular formula is C12H19N3. The number of nitrogens with zero attached hydrogens (tertiary/aromatic N) is 2. The number of hydrogen-bond donors (Lipinski definition) is 1. The van der Waals surface area contributed by atoms with Crippen molar-refractivity contribution in [3.8, 4) is 0 Å². The topological polar surface area (TPSA) is 42.1 Å². The van der Waals surface area contributed by atoms with Gasteiger partial charge in [-0.25, -0.2) is 0 Å². The van der Waals surface area contributed by atoms with E-state index in [0.717, 1.165) is 19.6 Å². The predicted octanol–water partition coefficient (Wildman–Crippen LogP) is 1.25. The van der Waals surface area contributed by atoms with Crippen molar-refractivity contribution >= 4 is 0 Å². The lowest BCUT2D eigenvalue weighted by atomic mass is 9.98. The molecule has 1 atom stereocenters. The maximum Gasteiger partial charge on any atom is 0.0271 e. The van der Waals surface area contributed by atoms with Gasteiger partial charge in [0.1, 0.15) is 0 Å². The molecule has 1 aliphatic heterocycles. The quantitative estimate of drug-likeness (QED) is 0.807. The molecule has 0 radical (unpaired) electrons. The fraction of sp³-hybridized carbons (Fsp3) is 0.583. The maximum atomic E-state index is 5.72. The molecule has 0 aromatic carbocycles. The first-order chi connectivity index (χ1) is 7.38. The minimum Gasteiger partial charge on any atom is -0.330 e. The number of pyridine rings is 1. The number of hydrogen-bond acceptors (Lipinski definition) is 3. The molecule has 1 aromatic rings. The highest BCUT2D eigenvalue weighted by atomic mass is 15.1. The van der Waals surface area contributed by atoms with Crippen LogP contribution in [0, 0.1) is 5.92 Å². The summed E-state index contributed by atoms with van der Waals surface area (Å²) in [6, 6.07) is 4.18. The van der Waals surface area contributed by atoms with Gasteiger partial charge in [0.2, 0.25) is 0 Å². The second-order valence-electron chi connectivity index (χ2n) is 4.33. The molecule has 0 aliphatic carbocycles. The van der Waals surface area contributed by atoms with Gasteiger partial charge in [0.05, 0.1) is 0 Å². The van der Waals surface area contributed by atoms with Crippen LogP contribution in [0.25, 0.3) is 0 Å². The summed E-state index contributed by atoms with van der Waals surface area (Å²) in [5.41, 5.74) is 7.07. The van der Waals surface area contributed by atoms with Crippen LogP contribution in [0.15, 0.2) is 24.5 Å². The van der Waals surface area contributed by atoms with E-state index < -0.39 is 0 Å². The fourth-order valence-electron chi connectivity index (χ4n) is 2.23. The Kier molecular flexibility index (Phi) is 3.69. The van der Waals surface area contributed by atoms with E-state index >= 15 is 0 Å². The first kappa shape index (κ1) is 10.6. The van der Waals surface area contributed by atoms with Gasteiger partial charge in [-0.05, 0) is 49.5 Å². The summed E-state index contributed by atoms with van der Waals surface area (Å²) in [6.45, 7) is 4.23. The number of likely N-dealkylation sites (tertiary alicyclic amines) is 1. The number of piperidine rings is 1. The molecular weight excluding hydrogens is 186 g/mol. The van der Waals surface area contributed by atoms with Crippen LogP contribution < -0.4 is 5.73 Å². The van der Waals surface area contributed by atoms with Crippen molar-refractivity contribution in [3.63, 3.8) is 0 Å². The highest BCUT2D eigenvalue weighted by Gasteiger charge is 2.18. The molecule has 0 amide bonds. The molecule has 0 saturated carbocycles. The smallest absolute Gasteiger partial charge is 0.0271 e. The summed E-state index contributed by atoms with van der Waals surface area (Å²) in [7, 11) is 0. The highest BCUT2D eigenvalue weighted by molar-refractivity contribution is 5.09. The lowest BCUT2D eigenvalue weighted by molar-refractivity contribution is 0.171. The molecule has 0 spiro atoms. The first-order valence-electron chi connectivity index (χ1n) is 5.70. The molecule has 2 rings (SSSR count). The van der Waals surface area contributed by atoms with Gasteiger partial charge < -0.3 is 5.73 Å². The molecule has 82 valence electrons. The van der Waals surface area contributed by atoms with Crippen molar-refractivity contribution in [2.75, 3.05) is 19.6 Å². The molecule has 0 unspecified atom stereocenters. The standard InChI is InChI=1S/C12H19N3/c13-8-12-2-1-7-15(10-12)9-11-3-5-14-6-4-11/h3-6,12H,1-2,7-10,13H2/t12-/m0/s1. The molecule has 1 aliphatic rings. The Hall–Kier alpha value is -0.930. The lowest BCUT2D eigenvalue weighted by Gasteiger charge is -2.32. The van der Waals surface area contributed by atoms with Crippen molar-refractivity contribution in [2.45, 2.75) is 19.4 Å². The normalized spacial score (nSPS) is 22.9. The average Bonchev–Trinajstić information content (AvgIpc) is 2.31. The van der Waals surface area contributed by atoms with Gasteiger partial charge in [-0.1, -0.05) is 0 Å². The van der Waals surface area contributed by atoms with Gasteiger partial charge in [0.25, 0.3) is 0 Å². The Morgan fingerprint density at radius 1 is 1.40 bits per heavy atom. The fourth-order valence-corrected chi connectivity index (χ4v) is 2.23. The molecule has 3 heteroatoms.